The van der Waals surface area contributed by atoms with Gasteiger partial charge in [-0.15, -0.1) is 0 Å². The first-order chi connectivity index (χ1) is 10.5. The molecule has 0 amide bonds. The van der Waals surface area contributed by atoms with Crippen LogP contribution in [0.4, 0.5) is 10.3 Å². The number of benzene rings is 1. The molecule has 4 rings (SSSR count). The molecule has 1 aliphatic heterocycles. The lowest BCUT2D eigenvalue weighted by molar-refractivity contribution is 0.624. The summed E-state index contributed by atoms with van der Waals surface area (Å²) in [6, 6.07) is 2.25. The highest BCUT2D eigenvalue weighted by Gasteiger charge is 2.46. The van der Waals surface area contributed by atoms with Crippen LogP contribution in [0.5, 0.6) is 0 Å². The molecule has 6 heteroatoms. The van der Waals surface area contributed by atoms with Gasteiger partial charge in [-0.25, -0.2) is 9.37 Å². The Kier molecular flexibility index (Phi) is 2.81. The van der Waals surface area contributed by atoms with Crippen molar-refractivity contribution < 1.29 is 4.39 Å². The quantitative estimate of drug-likeness (QED) is 0.914. The van der Waals surface area contributed by atoms with E-state index in [9.17, 15) is 9.18 Å². The number of hydrogen-bond acceptors (Lipinski definition) is 4. The minimum Gasteiger partial charge on any atom is -0.342 e. The summed E-state index contributed by atoms with van der Waals surface area (Å²) in [5.74, 6) is 1.70. The van der Waals surface area contributed by atoms with Crippen LogP contribution in [0, 0.1) is 17.7 Å². The zero-order valence-electron chi connectivity index (χ0n) is 12.7. The lowest BCUT2D eigenvalue weighted by Gasteiger charge is -2.22. The highest BCUT2D eigenvalue weighted by Crippen LogP contribution is 2.45. The van der Waals surface area contributed by atoms with E-state index in [0.717, 1.165) is 24.9 Å². The van der Waals surface area contributed by atoms with Crippen LogP contribution >= 0.6 is 0 Å². The van der Waals surface area contributed by atoms with E-state index in [1.807, 2.05) is 0 Å². The van der Waals surface area contributed by atoms with E-state index in [-0.39, 0.29) is 11.6 Å². The van der Waals surface area contributed by atoms with E-state index in [4.69, 9.17) is 5.73 Å². The number of anilines is 1. The lowest BCUT2D eigenvalue weighted by Crippen LogP contribution is -2.31. The Hall–Kier alpha value is -1.95. The van der Waals surface area contributed by atoms with Crippen molar-refractivity contribution in [2.75, 3.05) is 18.0 Å². The fourth-order valence-electron chi connectivity index (χ4n) is 3.55. The summed E-state index contributed by atoms with van der Waals surface area (Å²) in [5.41, 5.74) is 6.82. The fourth-order valence-corrected chi connectivity index (χ4v) is 3.55. The molecule has 5 nitrogen and oxygen atoms in total. The number of hydrogen-bond donors (Lipinski definition) is 1. The summed E-state index contributed by atoms with van der Waals surface area (Å²) in [6.07, 6.45) is 1.29. The third-order valence-electron chi connectivity index (χ3n) is 4.90. The maximum atomic E-state index is 13.8. The highest BCUT2D eigenvalue weighted by molar-refractivity contribution is 5.82. The Morgan fingerprint density at radius 2 is 2.05 bits per heavy atom. The molecule has 1 aromatic carbocycles. The summed E-state index contributed by atoms with van der Waals surface area (Å²) >= 11 is 0. The Bertz CT molecular complexity index is 819. The van der Waals surface area contributed by atoms with Gasteiger partial charge in [0.1, 0.15) is 5.82 Å². The van der Waals surface area contributed by atoms with Crippen molar-refractivity contribution in [3.05, 3.63) is 33.9 Å². The third-order valence-corrected chi connectivity index (χ3v) is 4.90. The van der Waals surface area contributed by atoms with Gasteiger partial charge in [-0.3, -0.25) is 9.36 Å². The molecule has 1 unspecified atom stereocenters. The average Bonchev–Trinajstić information content (AvgIpc) is 3.08. The molecule has 1 aromatic heterocycles. The Balaban J connectivity index is 1.95. The lowest BCUT2D eigenvalue weighted by atomic mass is 10.0. The Labute approximate surface area is 127 Å². The maximum absolute atomic E-state index is 13.8. The van der Waals surface area contributed by atoms with Gasteiger partial charge in [-0.2, -0.15) is 0 Å². The maximum Gasteiger partial charge on any atom is 0.262 e. The van der Waals surface area contributed by atoms with E-state index in [1.54, 1.807) is 14.0 Å². The van der Waals surface area contributed by atoms with Crippen molar-refractivity contribution in [2.24, 2.45) is 24.6 Å². The number of halogens is 1. The molecule has 1 saturated carbocycles. The van der Waals surface area contributed by atoms with E-state index in [2.05, 4.69) is 9.88 Å². The summed E-state index contributed by atoms with van der Waals surface area (Å²) in [4.78, 5) is 19.5. The van der Waals surface area contributed by atoms with Gasteiger partial charge in [0.2, 0.25) is 5.95 Å². The molecule has 1 aliphatic carbocycles. The summed E-state index contributed by atoms with van der Waals surface area (Å²) in [6.45, 7) is 3.68. The van der Waals surface area contributed by atoms with Crippen molar-refractivity contribution in [1.82, 2.24) is 9.55 Å². The Morgan fingerprint density at radius 3 is 2.68 bits per heavy atom. The van der Waals surface area contributed by atoms with E-state index in [0.29, 0.717) is 22.4 Å². The SMILES string of the molecule is CC(N)c1cc(F)cc2c(=O)n(C)c(N3C[C@H]4C[C@H]4C3)nc12. The van der Waals surface area contributed by atoms with Gasteiger partial charge in [0.15, 0.2) is 0 Å². The van der Waals surface area contributed by atoms with Crippen molar-refractivity contribution in [1.29, 1.82) is 0 Å². The number of nitrogens with zero attached hydrogens (tertiary/aromatic N) is 3. The van der Waals surface area contributed by atoms with Gasteiger partial charge in [0.25, 0.3) is 5.56 Å². The van der Waals surface area contributed by atoms with E-state index >= 15 is 0 Å². The first-order valence-electron chi connectivity index (χ1n) is 7.66. The van der Waals surface area contributed by atoms with Crippen LogP contribution in [-0.4, -0.2) is 22.6 Å². The van der Waals surface area contributed by atoms with Crippen LogP contribution in [-0.2, 0) is 7.05 Å². The molecule has 2 fully saturated rings. The summed E-state index contributed by atoms with van der Waals surface area (Å²) in [7, 11) is 1.70. The average molecular weight is 302 g/mol. The zero-order valence-corrected chi connectivity index (χ0v) is 12.7. The molecule has 0 bridgehead atoms. The van der Waals surface area contributed by atoms with E-state index in [1.165, 1.54) is 23.1 Å². The van der Waals surface area contributed by atoms with Crippen LogP contribution in [0.2, 0.25) is 0 Å². The van der Waals surface area contributed by atoms with Gasteiger partial charge in [0.05, 0.1) is 10.9 Å². The van der Waals surface area contributed by atoms with Crippen LogP contribution in [0.1, 0.15) is 24.9 Å². The monoisotopic (exact) mass is 302 g/mol. The second-order valence-corrected chi connectivity index (χ2v) is 6.62. The predicted octanol–water partition coefficient (Wildman–Crippen LogP) is 1.55. The molecular weight excluding hydrogens is 283 g/mol. The van der Waals surface area contributed by atoms with Gasteiger partial charge in [-0.05, 0) is 42.9 Å². The largest absolute Gasteiger partial charge is 0.342 e. The molecule has 22 heavy (non-hydrogen) atoms. The normalized spacial score (nSPS) is 24.6. The number of aromatic nitrogens is 2. The van der Waals surface area contributed by atoms with Crippen molar-refractivity contribution in [2.45, 2.75) is 19.4 Å². The molecular formula is C16H19FN4O. The molecule has 3 atom stereocenters. The number of piperidine rings is 1. The van der Waals surface area contributed by atoms with Crippen LogP contribution in [0.15, 0.2) is 16.9 Å². The first-order valence-corrected chi connectivity index (χ1v) is 7.66. The summed E-state index contributed by atoms with van der Waals surface area (Å²) in [5, 5.41) is 0.294. The minimum atomic E-state index is -0.450. The molecule has 2 aliphatic rings. The number of nitrogens with two attached hydrogens (primary N) is 1. The molecule has 2 aromatic rings. The highest BCUT2D eigenvalue weighted by atomic mass is 19.1. The first kappa shape index (κ1) is 13.7. The molecule has 0 radical (unpaired) electrons. The third kappa shape index (κ3) is 1.94. The van der Waals surface area contributed by atoms with Gasteiger partial charge in [-0.1, -0.05) is 0 Å². The van der Waals surface area contributed by atoms with Crippen LogP contribution in [0.3, 0.4) is 0 Å². The standard InChI is InChI=1S/C16H19FN4O/c1-8(18)12-4-11(17)5-13-14(12)19-16(20(2)15(13)22)21-6-9-3-10(9)7-21/h4-5,8-10H,3,6-7,18H2,1-2H3/t8?,9-,10+. The van der Waals surface area contributed by atoms with Crippen LogP contribution in [0.25, 0.3) is 10.9 Å². The van der Waals surface area contributed by atoms with Gasteiger partial charge in [0, 0.05) is 26.2 Å². The van der Waals surface area contributed by atoms with Gasteiger partial charge < -0.3 is 10.6 Å². The van der Waals surface area contributed by atoms with Crippen molar-refractivity contribution >= 4 is 16.9 Å². The van der Waals surface area contributed by atoms with Crippen molar-refractivity contribution in [3.8, 4) is 0 Å². The second-order valence-electron chi connectivity index (χ2n) is 6.62. The second kappa shape index (κ2) is 4.52. The topological polar surface area (TPSA) is 64.2 Å². The summed E-state index contributed by atoms with van der Waals surface area (Å²) < 4.78 is 15.3. The van der Waals surface area contributed by atoms with Crippen molar-refractivity contribution in [3.63, 3.8) is 0 Å². The fraction of sp³-hybridized carbons (Fsp3) is 0.500. The minimum absolute atomic E-state index is 0.220. The molecule has 2 heterocycles. The number of fused-ring (bicyclic) bond motifs is 2. The Morgan fingerprint density at radius 1 is 1.36 bits per heavy atom. The van der Waals surface area contributed by atoms with Gasteiger partial charge >= 0.3 is 0 Å². The molecule has 1 saturated heterocycles. The van der Waals surface area contributed by atoms with Crippen LogP contribution < -0.4 is 16.2 Å². The molecule has 116 valence electrons. The zero-order chi connectivity index (χ0) is 15.6. The predicted molar refractivity (Wildman–Crippen MR) is 83.4 cm³/mol. The molecule has 2 N–H and O–H groups in total. The molecule has 0 spiro atoms. The number of rotatable bonds is 2. The smallest absolute Gasteiger partial charge is 0.262 e. The van der Waals surface area contributed by atoms with E-state index < -0.39 is 5.82 Å².